The van der Waals surface area contributed by atoms with Crippen LogP contribution in [0.1, 0.15) is 22.8 Å². The first-order chi connectivity index (χ1) is 12.7. The van der Waals surface area contributed by atoms with Gasteiger partial charge in [0.2, 0.25) is 0 Å². The van der Waals surface area contributed by atoms with Crippen molar-refractivity contribution >= 4 is 11.6 Å². The van der Waals surface area contributed by atoms with E-state index in [1.807, 2.05) is 49.4 Å². The lowest BCUT2D eigenvalue weighted by Crippen LogP contribution is -2.22. The van der Waals surface area contributed by atoms with Crippen molar-refractivity contribution in [3.05, 3.63) is 94.4 Å². The van der Waals surface area contributed by atoms with Crippen LogP contribution >= 0.6 is 0 Å². The van der Waals surface area contributed by atoms with Crippen LogP contribution in [0.25, 0.3) is 0 Å². The number of anilines is 1. The highest BCUT2D eigenvalue weighted by atomic mass is 16.5. The summed E-state index contributed by atoms with van der Waals surface area (Å²) in [5.41, 5.74) is 1.85. The van der Waals surface area contributed by atoms with Gasteiger partial charge in [-0.05, 0) is 30.7 Å². The fourth-order valence-corrected chi connectivity index (χ4v) is 2.62. The predicted molar refractivity (Wildman–Crippen MR) is 102 cm³/mol. The van der Waals surface area contributed by atoms with Crippen molar-refractivity contribution in [1.82, 2.24) is 4.57 Å². The van der Waals surface area contributed by atoms with E-state index in [1.54, 1.807) is 18.3 Å². The quantitative estimate of drug-likeness (QED) is 0.741. The van der Waals surface area contributed by atoms with Crippen LogP contribution in [0.2, 0.25) is 0 Å². The molecule has 1 amide bonds. The van der Waals surface area contributed by atoms with Crippen molar-refractivity contribution in [2.75, 3.05) is 11.9 Å². The largest absolute Gasteiger partial charge is 0.492 e. The van der Waals surface area contributed by atoms with E-state index < -0.39 is 0 Å². The van der Waals surface area contributed by atoms with E-state index in [9.17, 15) is 9.59 Å². The average molecular weight is 348 g/mol. The zero-order valence-electron chi connectivity index (χ0n) is 14.5. The van der Waals surface area contributed by atoms with Crippen molar-refractivity contribution < 1.29 is 9.53 Å². The first-order valence-corrected chi connectivity index (χ1v) is 8.45. The van der Waals surface area contributed by atoms with Gasteiger partial charge in [-0.25, -0.2) is 0 Å². The van der Waals surface area contributed by atoms with Crippen molar-refractivity contribution in [3.63, 3.8) is 0 Å². The SMILES string of the molecule is CCOc1ccccc1NC(=O)c1ccc(=O)n(Cc2ccccc2)c1. The Labute approximate surface area is 151 Å². The van der Waals surface area contributed by atoms with E-state index in [1.165, 1.54) is 16.7 Å². The Morgan fingerprint density at radius 1 is 1.00 bits per heavy atom. The number of pyridine rings is 1. The Kier molecular flexibility index (Phi) is 5.49. The molecule has 0 bridgehead atoms. The molecule has 0 radical (unpaired) electrons. The molecule has 3 rings (SSSR count). The Balaban J connectivity index is 1.82. The Hall–Kier alpha value is -3.34. The number of amides is 1. The number of benzene rings is 2. The molecule has 2 aromatic carbocycles. The minimum Gasteiger partial charge on any atom is -0.492 e. The van der Waals surface area contributed by atoms with Crippen LogP contribution < -0.4 is 15.6 Å². The van der Waals surface area contributed by atoms with E-state index in [2.05, 4.69) is 5.32 Å². The second kappa shape index (κ2) is 8.16. The van der Waals surface area contributed by atoms with Gasteiger partial charge in [-0.15, -0.1) is 0 Å². The van der Waals surface area contributed by atoms with E-state index in [-0.39, 0.29) is 11.5 Å². The molecule has 0 aliphatic carbocycles. The minimum atomic E-state index is -0.293. The van der Waals surface area contributed by atoms with Crippen LogP contribution in [0, 0.1) is 0 Å². The zero-order chi connectivity index (χ0) is 18.4. The molecule has 0 spiro atoms. The third kappa shape index (κ3) is 4.19. The highest BCUT2D eigenvalue weighted by Crippen LogP contribution is 2.24. The number of hydrogen-bond acceptors (Lipinski definition) is 3. The fraction of sp³-hybridized carbons (Fsp3) is 0.143. The second-order valence-corrected chi connectivity index (χ2v) is 5.75. The molecule has 0 saturated heterocycles. The summed E-state index contributed by atoms with van der Waals surface area (Å²) in [5, 5.41) is 2.84. The maximum Gasteiger partial charge on any atom is 0.257 e. The summed E-state index contributed by atoms with van der Waals surface area (Å²) in [4.78, 5) is 24.7. The Bertz CT molecular complexity index is 949. The minimum absolute atomic E-state index is 0.153. The van der Waals surface area contributed by atoms with Crippen LogP contribution in [-0.2, 0) is 6.54 Å². The molecule has 1 aromatic heterocycles. The molecule has 0 fully saturated rings. The number of para-hydroxylation sites is 2. The standard InChI is InChI=1S/C21H20N2O3/c1-2-26-19-11-7-6-10-18(19)22-21(25)17-12-13-20(24)23(15-17)14-16-8-4-3-5-9-16/h3-13,15H,2,14H2,1H3,(H,22,25). The zero-order valence-corrected chi connectivity index (χ0v) is 14.5. The maximum absolute atomic E-state index is 12.6. The van der Waals surface area contributed by atoms with Gasteiger partial charge in [0.1, 0.15) is 5.75 Å². The van der Waals surface area contributed by atoms with Crippen LogP contribution in [0.4, 0.5) is 5.69 Å². The van der Waals surface area contributed by atoms with Crippen LogP contribution in [0.15, 0.2) is 77.7 Å². The Morgan fingerprint density at radius 2 is 1.73 bits per heavy atom. The Morgan fingerprint density at radius 3 is 2.50 bits per heavy atom. The van der Waals surface area contributed by atoms with Gasteiger partial charge in [-0.1, -0.05) is 42.5 Å². The number of rotatable bonds is 6. The van der Waals surface area contributed by atoms with Gasteiger partial charge < -0.3 is 14.6 Å². The number of nitrogens with zero attached hydrogens (tertiary/aromatic N) is 1. The molecular formula is C21H20N2O3. The lowest BCUT2D eigenvalue weighted by Gasteiger charge is -2.12. The number of hydrogen-bond donors (Lipinski definition) is 1. The molecule has 0 unspecified atom stereocenters. The molecule has 5 nitrogen and oxygen atoms in total. The van der Waals surface area contributed by atoms with Crippen molar-refractivity contribution in [3.8, 4) is 5.75 Å². The van der Waals surface area contributed by atoms with Gasteiger partial charge >= 0.3 is 0 Å². The van der Waals surface area contributed by atoms with Gasteiger partial charge in [0.25, 0.3) is 11.5 Å². The molecule has 3 aromatic rings. The third-order valence-corrected chi connectivity index (χ3v) is 3.88. The monoisotopic (exact) mass is 348 g/mol. The van der Waals surface area contributed by atoms with E-state index in [4.69, 9.17) is 4.74 Å². The van der Waals surface area contributed by atoms with Crippen LogP contribution in [-0.4, -0.2) is 17.1 Å². The van der Waals surface area contributed by atoms with Crippen molar-refractivity contribution in [1.29, 1.82) is 0 Å². The first-order valence-electron chi connectivity index (χ1n) is 8.45. The lowest BCUT2D eigenvalue weighted by molar-refractivity contribution is 0.102. The maximum atomic E-state index is 12.6. The normalized spacial score (nSPS) is 10.3. The van der Waals surface area contributed by atoms with Gasteiger partial charge in [-0.3, -0.25) is 9.59 Å². The summed E-state index contributed by atoms with van der Waals surface area (Å²) in [7, 11) is 0. The third-order valence-electron chi connectivity index (χ3n) is 3.88. The van der Waals surface area contributed by atoms with Gasteiger partial charge in [0.15, 0.2) is 0 Å². The van der Waals surface area contributed by atoms with E-state index in [0.29, 0.717) is 30.2 Å². The number of aromatic nitrogens is 1. The van der Waals surface area contributed by atoms with Gasteiger partial charge in [0, 0.05) is 12.3 Å². The smallest absolute Gasteiger partial charge is 0.257 e. The molecule has 1 N–H and O–H groups in total. The summed E-state index contributed by atoms with van der Waals surface area (Å²) < 4.78 is 7.05. The summed E-state index contributed by atoms with van der Waals surface area (Å²) in [6.07, 6.45) is 1.58. The predicted octanol–water partition coefficient (Wildman–Crippen LogP) is 3.55. The highest BCUT2D eigenvalue weighted by molar-refractivity contribution is 6.04. The number of carbonyl (C=O) groups is 1. The summed E-state index contributed by atoms with van der Waals surface area (Å²) >= 11 is 0. The molecule has 0 aliphatic rings. The number of ether oxygens (including phenoxy) is 1. The van der Waals surface area contributed by atoms with Crippen LogP contribution in [0.5, 0.6) is 5.75 Å². The topological polar surface area (TPSA) is 60.3 Å². The van der Waals surface area contributed by atoms with E-state index >= 15 is 0 Å². The summed E-state index contributed by atoms with van der Waals surface area (Å²) in [6.45, 7) is 2.81. The van der Waals surface area contributed by atoms with Gasteiger partial charge in [-0.2, -0.15) is 0 Å². The molecule has 0 aliphatic heterocycles. The lowest BCUT2D eigenvalue weighted by atomic mass is 10.2. The molecular weight excluding hydrogens is 328 g/mol. The van der Waals surface area contributed by atoms with E-state index in [0.717, 1.165) is 5.56 Å². The van der Waals surface area contributed by atoms with Crippen molar-refractivity contribution in [2.45, 2.75) is 13.5 Å². The molecule has 0 atom stereocenters. The fourth-order valence-electron chi connectivity index (χ4n) is 2.62. The first kappa shape index (κ1) is 17.5. The number of nitrogens with one attached hydrogen (secondary N) is 1. The second-order valence-electron chi connectivity index (χ2n) is 5.75. The number of carbonyl (C=O) groups excluding carboxylic acids is 1. The summed E-state index contributed by atoms with van der Waals surface area (Å²) in [5.74, 6) is 0.319. The van der Waals surface area contributed by atoms with Crippen molar-refractivity contribution in [2.24, 2.45) is 0 Å². The molecule has 132 valence electrons. The molecule has 0 saturated carbocycles. The van der Waals surface area contributed by atoms with Crippen LogP contribution in [0.3, 0.4) is 0 Å². The molecule has 26 heavy (non-hydrogen) atoms. The summed E-state index contributed by atoms with van der Waals surface area (Å²) in [6, 6.07) is 19.8. The average Bonchev–Trinajstić information content (AvgIpc) is 2.66. The van der Waals surface area contributed by atoms with Gasteiger partial charge in [0.05, 0.1) is 24.4 Å². The molecule has 1 heterocycles. The highest BCUT2D eigenvalue weighted by Gasteiger charge is 2.11. The molecule has 5 heteroatoms.